The largest absolute Gasteiger partial charge is 0.313 e. The maximum Gasteiger partial charge on any atom is 0.0138 e. The van der Waals surface area contributed by atoms with E-state index in [1.807, 2.05) is 0 Å². The van der Waals surface area contributed by atoms with Crippen molar-refractivity contribution in [2.45, 2.75) is 53.0 Å². The van der Waals surface area contributed by atoms with Gasteiger partial charge in [0.15, 0.2) is 0 Å². The van der Waals surface area contributed by atoms with Gasteiger partial charge in [-0.25, -0.2) is 0 Å². The molecule has 1 aromatic carbocycles. The van der Waals surface area contributed by atoms with Crippen LogP contribution in [0, 0.1) is 25.7 Å². The van der Waals surface area contributed by atoms with E-state index in [0.717, 1.165) is 18.4 Å². The third-order valence-corrected chi connectivity index (χ3v) is 4.29. The van der Waals surface area contributed by atoms with Gasteiger partial charge in [-0.15, -0.1) is 0 Å². The molecule has 1 nitrogen and oxygen atoms in total. The zero-order valence-electron chi connectivity index (χ0n) is 12.3. The smallest absolute Gasteiger partial charge is 0.0138 e. The van der Waals surface area contributed by atoms with E-state index in [4.69, 9.17) is 0 Å². The summed E-state index contributed by atoms with van der Waals surface area (Å²) in [5, 5.41) is 3.76. The SMILES string of the molecule is CCCNC(Cc1cc(C)ccc1C)C1CC1C. The molecule has 0 radical (unpaired) electrons. The molecule has 0 amide bonds. The number of rotatable bonds is 6. The van der Waals surface area contributed by atoms with Gasteiger partial charge in [0.1, 0.15) is 0 Å². The van der Waals surface area contributed by atoms with Crippen molar-refractivity contribution >= 4 is 0 Å². The van der Waals surface area contributed by atoms with Crippen molar-refractivity contribution in [3.8, 4) is 0 Å². The van der Waals surface area contributed by atoms with Gasteiger partial charge >= 0.3 is 0 Å². The van der Waals surface area contributed by atoms with Crippen LogP contribution in [0.2, 0.25) is 0 Å². The van der Waals surface area contributed by atoms with Crippen LogP contribution in [-0.4, -0.2) is 12.6 Å². The molecule has 0 aromatic heterocycles. The molecule has 0 aliphatic heterocycles. The van der Waals surface area contributed by atoms with Crippen LogP contribution in [0.3, 0.4) is 0 Å². The van der Waals surface area contributed by atoms with E-state index < -0.39 is 0 Å². The molecule has 1 N–H and O–H groups in total. The molecule has 3 atom stereocenters. The summed E-state index contributed by atoms with van der Waals surface area (Å²) in [6, 6.07) is 7.52. The second-order valence-electron chi connectivity index (χ2n) is 6.07. The van der Waals surface area contributed by atoms with E-state index in [9.17, 15) is 0 Å². The first-order valence-corrected chi connectivity index (χ1v) is 7.41. The molecule has 0 heterocycles. The lowest BCUT2D eigenvalue weighted by Gasteiger charge is -2.20. The Morgan fingerprint density at radius 1 is 1.33 bits per heavy atom. The Hall–Kier alpha value is -0.820. The second-order valence-corrected chi connectivity index (χ2v) is 6.07. The Morgan fingerprint density at radius 3 is 2.67 bits per heavy atom. The highest BCUT2D eigenvalue weighted by molar-refractivity contribution is 5.31. The van der Waals surface area contributed by atoms with Crippen molar-refractivity contribution in [3.05, 3.63) is 34.9 Å². The Balaban J connectivity index is 2.05. The molecular formula is C17H27N. The van der Waals surface area contributed by atoms with Crippen LogP contribution in [-0.2, 0) is 6.42 Å². The normalized spacial score (nSPS) is 24.0. The first-order valence-electron chi connectivity index (χ1n) is 7.41. The van der Waals surface area contributed by atoms with Crippen molar-refractivity contribution in [2.24, 2.45) is 11.8 Å². The number of hydrogen-bond acceptors (Lipinski definition) is 1. The van der Waals surface area contributed by atoms with Crippen molar-refractivity contribution in [2.75, 3.05) is 6.54 Å². The van der Waals surface area contributed by atoms with Crippen LogP contribution in [0.15, 0.2) is 18.2 Å². The van der Waals surface area contributed by atoms with Gasteiger partial charge in [0.25, 0.3) is 0 Å². The molecule has 1 aliphatic rings. The summed E-state index contributed by atoms with van der Waals surface area (Å²) in [5.41, 5.74) is 4.36. The second kappa shape index (κ2) is 5.88. The number of nitrogens with one attached hydrogen (secondary N) is 1. The number of hydrogen-bond donors (Lipinski definition) is 1. The van der Waals surface area contributed by atoms with Crippen LogP contribution in [0.25, 0.3) is 0 Å². The molecule has 3 unspecified atom stereocenters. The molecule has 18 heavy (non-hydrogen) atoms. The average Bonchev–Trinajstić information content (AvgIpc) is 3.06. The Bertz CT molecular complexity index is 397. The predicted molar refractivity (Wildman–Crippen MR) is 79.0 cm³/mol. The lowest BCUT2D eigenvalue weighted by molar-refractivity contribution is 0.443. The fourth-order valence-electron chi connectivity index (χ4n) is 2.87. The van der Waals surface area contributed by atoms with Gasteiger partial charge in [-0.05, 0) is 62.6 Å². The Morgan fingerprint density at radius 2 is 2.06 bits per heavy atom. The summed E-state index contributed by atoms with van der Waals surface area (Å²) in [7, 11) is 0. The van der Waals surface area contributed by atoms with E-state index in [1.165, 1.54) is 36.0 Å². The lowest BCUT2D eigenvalue weighted by Crippen LogP contribution is -2.34. The summed E-state index contributed by atoms with van der Waals surface area (Å²) < 4.78 is 0. The number of benzene rings is 1. The summed E-state index contributed by atoms with van der Waals surface area (Å²) in [6.45, 7) is 10.2. The first-order chi connectivity index (χ1) is 8.61. The zero-order chi connectivity index (χ0) is 13.1. The Labute approximate surface area is 112 Å². The minimum atomic E-state index is 0.681. The average molecular weight is 245 g/mol. The number of aryl methyl sites for hydroxylation is 2. The summed E-state index contributed by atoms with van der Waals surface area (Å²) in [6.07, 6.45) is 3.83. The van der Waals surface area contributed by atoms with Gasteiger partial charge in [0.2, 0.25) is 0 Å². The molecule has 2 rings (SSSR count). The van der Waals surface area contributed by atoms with E-state index >= 15 is 0 Å². The molecule has 1 aromatic rings. The van der Waals surface area contributed by atoms with Crippen LogP contribution < -0.4 is 5.32 Å². The van der Waals surface area contributed by atoms with Crippen molar-refractivity contribution < 1.29 is 0 Å². The van der Waals surface area contributed by atoms with Gasteiger partial charge in [0, 0.05) is 6.04 Å². The molecule has 0 saturated heterocycles. The molecule has 100 valence electrons. The molecule has 0 bridgehead atoms. The predicted octanol–water partition coefficient (Wildman–Crippen LogP) is 3.87. The third kappa shape index (κ3) is 3.35. The molecule has 1 aliphatic carbocycles. The van der Waals surface area contributed by atoms with Gasteiger partial charge in [0.05, 0.1) is 0 Å². The van der Waals surface area contributed by atoms with Crippen molar-refractivity contribution in [3.63, 3.8) is 0 Å². The van der Waals surface area contributed by atoms with Gasteiger partial charge in [-0.1, -0.05) is 37.6 Å². The molecule has 1 fully saturated rings. The highest BCUT2D eigenvalue weighted by Crippen LogP contribution is 2.41. The van der Waals surface area contributed by atoms with Crippen LogP contribution in [0.4, 0.5) is 0 Å². The maximum absolute atomic E-state index is 3.76. The maximum atomic E-state index is 3.76. The van der Waals surface area contributed by atoms with Crippen LogP contribution >= 0.6 is 0 Å². The van der Waals surface area contributed by atoms with E-state index in [0.29, 0.717) is 6.04 Å². The van der Waals surface area contributed by atoms with E-state index in [2.05, 4.69) is 51.2 Å². The van der Waals surface area contributed by atoms with Crippen molar-refractivity contribution in [1.82, 2.24) is 5.32 Å². The first kappa shape index (κ1) is 13.6. The summed E-state index contributed by atoms with van der Waals surface area (Å²) in [4.78, 5) is 0. The molecule has 1 saturated carbocycles. The third-order valence-electron chi connectivity index (χ3n) is 4.29. The molecular weight excluding hydrogens is 218 g/mol. The fraction of sp³-hybridized carbons (Fsp3) is 0.647. The highest BCUT2D eigenvalue weighted by atomic mass is 14.9. The monoisotopic (exact) mass is 245 g/mol. The van der Waals surface area contributed by atoms with E-state index in [-0.39, 0.29) is 0 Å². The molecule has 0 spiro atoms. The van der Waals surface area contributed by atoms with Gasteiger partial charge < -0.3 is 5.32 Å². The van der Waals surface area contributed by atoms with Crippen molar-refractivity contribution in [1.29, 1.82) is 0 Å². The van der Waals surface area contributed by atoms with E-state index in [1.54, 1.807) is 0 Å². The van der Waals surface area contributed by atoms with Gasteiger partial charge in [-0.3, -0.25) is 0 Å². The minimum absolute atomic E-state index is 0.681. The lowest BCUT2D eigenvalue weighted by atomic mass is 9.96. The minimum Gasteiger partial charge on any atom is -0.313 e. The Kier molecular flexibility index (Phi) is 4.45. The van der Waals surface area contributed by atoms with Crippen LogP contribution in [0.5, 0.6) is 0 Å². The van der Waals surface area contributed by atoms with Gasteiger partial charge in [-0.2, -0.15) is 0 Å². The van der Waals surface area contributed by atoms with Crippen LogP contribution in [0.1, 0.15) is 43.4 Å². The summed E-state index contributed by atoms with van der Waals surface area (Å²) >= 11 is 0. The zero-order valence-corrected chi connectivity index (χ0v) is 12.3. The highest BCUT2D eigenvalue weighted by Gasteiger charge is 2.39. The topological polar surface area (TPSA) is 12.0 Å². The summed E-state index contributed by atoms with van der Waals surface area (Å²) in [5.74, 6) is 1.82. The fourth-order valence-corrected chi connectivity index (χ4v) is 2.87. The quantitative estimate of drug-likeness (QED) is 0.802. The molecule has 1 heteroatoms. The standard InChI is InChI=1S/C17H27N/c1-5-8-18-17(16-10-14(16)4)11-15-9-12(2)6-7-13(15)3/h6-7,9,14,16-18H,5,8,10-11H2,1-4H3.